The van der Waals surface area contributed by atoms with E-state index in [4.69, 9.17) is 9.47 Å². The van der Waals surface area contributed by atoms with Gasteiger partial charge in [0, 0.05) is 11.6 Å². The molecule has 2 aromatic carbocycles. The summed E-state index contributed by atoms with van der Waals surface area (Å²) >= 11 is 0. The van der Waals surface area contributed by atoms with Crippen LogP contribution in [0.15, 0.2) is 42.5 Å². The van der Waals surface area contributed by atoms with Gasteiger partial charge in [-0.25, -0.2) is 0 Å². The number of nitro benzene ring substituents is 1. The standard InChI is InChI=1S/C19H22N2O5/c1-3-10-25-17-13-16(21(23)24)18(26-11-4-2)12-15(17)20-19(22)14-8-6-5-7-9-14/h5-9,12-13H,3-4,10-11H2,1-2H3,(H,20,22). The van der Waals surface area contributed by atoms with Gasteiger partial charge >= 0.3 is 5.69 Å². The molecule has 0 aliphatic rings. The average molecular weight is 358 g/mol. The monoisotopic (exact) mass is 358 g/mol. The van der Waals surface area contributed by atoms with Gasteiger partial charge in [-0.3, -0.25) is 14.9 Å². The number of benzene rings is 2. The molecule has 0 aliphatic carbocycles. The molecule has 26 heavy (non-hydrogen) atoms. The number of anilines is 1. The minimum Gasteiger partial charge on any atom is -0.491 e. The quantitative estimate of drug-likeness (QED) is 0.529. The maximum absolute atomic E-state index is 12.4. The number of nitro groups is 1. The van der Waals surface area contributed by atoms with Crippen LogP contribution in [0.25, 0.3) is 0 Å². The van der Waals surface area contributed by atoms with Crippen LogP contribution in [-0.4, -0.2) is 24.0 Å². The molecule has 0 heterocycles. The molecule has 0 radical (unpaired) electrons. The van der Waals surface area contributed by atoms with Crippen molar-refractivity contribution in [2.24, 2.45) is 0 Å². The SMILES string of the molecule is CCCOc1cc([N+](=O)[O-])c(OCCC)cc1NC(=O)c1ccccc1. The van der Waals surface area contributed by atoms with E-state index in [0.29, 0.717) is 30.9 Å². The molecule has 0 aliphatic heterocycles. The fraction of sp³-hybridized carbons (Fsp3) is 0.316. The van der Waals surface area contributed by atoms with Crippen LogP contribution in [0.5, 0.6) is 11.5 Å². The van der Waals surface area contributed by atoms with Crippen molar-refractivity contribution in [3.63, 3.8) is 0 Å². The van der Waals surface area contributed by atoms with Crippen LogP contribution in [0, 0.1) is 10.1 Å². The lowest BCUT2D eigenvalue weighted by atomic mass is 10.2. The molecular formula is C19H22N2O5. The van der Waals surface area contributed by atoms with E-state index in [1.165, 1.54) is 12.1 Å². The third-order valence-corrected chi connectivity index (χ3v) is 3.47. The summed E-state index contributed by atoms with van der Waals surface area (Å²) in [4.78, 5) is 23.3. The Morgan fingerprint density at radius 2 is 1.65 bits per heavy atom. The lowest BCUT2D eigenvalue weighted by Gasteiger charge is -2.15. The maximum Gasteiger partial charge on any atom is 0.314 e. The molecule has 0 atom stereocenters. The number of hydrogen-bond acceptors (Lipinski definition) is 5. The second kappa shape index (κ2) is 9.41. The highest BCUT2D eigenvalue weighted by atomic mass is 16.6. The maximum atomic E-state index is 12.4. The third-order valence-electron chi connectivity index (χ3n) is 3.47. The van der Waals surface area contributed by atoms with Gasteiger partial charge in [-0.2, -0.15) is 0 Å². The molecule has 138 valence electrons. The van der Waals surface area contributed by atoms with Gasteiger partial charge in [-0.1, -0.05) is 32.0 Å². The minimum atomic E-state index is -0.521. The zero-order valence-corrected chi connectivity index (χ0v) is 14.9. The molecule has 1 N–H and O–H groups in total. The van der Waals surface area contributed by atoms with Crippen LogP contribution in [0.4, 0.5) is 11.4 Å². The number of carbonyl (C=O) groups is 1. The van der Waals surface area contributed by atoms with Gasteiger partial charge in [0.2, 0.25) is 0 Å². The summed E-state index contributed by atoms with van der Waals surface area (Å²) in [6.07, 6.45) is 1.44. The van der Waals surface area contributed by atoms with Crippen LogP contribution < -0.4 is 14.8 Å². The molecule has 0 bridgehead atoms. The molecule has 7 nitrogen and oxygen atoms in total. The van der Waals surface area contributed by atoms with Crippen molar-refractivity contribution in [2.75, 3.05) is 18.5 Å². The first kappa shape index (κ1) is 19.2. The Morgan fingerprint density at radius 1 is 1.04 bits per heavy atom. The van der Waals surface area contributed by atoms with Gasteiger partial charge in [-0.15, -0.1) is 0 Å². The van der Waals surface area contributed by atoms with Crippen molar-refractivity contribution < 1.29 is 19.2 Å². The number of carbonyl (C=O) groups excluding carboxylic acids is 1. The zero-order valence-electron chi connectivity index (χ0n) is 14.9. The highest BCUT2D eigenvalue weighted by Crippen LogP contribution is 2.38. The van der Waals surface area contributed by atoms with E-state index in [0.717, 1.165) is 6.42 Å². The van der Waals surface area contributed by atoms with Gasteiger partial charge in [0.15, 0.2) is 5.75 Å². The Labute approximate surface area is 152 Å². The first-order valence-corrected chi connectivity index (χ1v) is 8.51. The van der Waals surface area contributed by atoms with Gasteiger partial charge in [0.1, 0.15) is 5.75 Å². The number of hydrogen-bond donors (Lipinski definition) is 1. The van der Waals surface area contributed by atoms with Crippen LogP contribution in [0.2, 0.25) is 0 Å². The highest BCUT2D eigenvalue weighted by molar-refractivity contribution is 6.05. The van der Waals surface area contributed by atoms with Gasteiger partial charge in [0.05, 0.1) is 29.9 Å². The van der Waals surface area contributed by atoms with Crippen LogP contribution in [0.3, 0.4) is 0 Å². The number of ether oxygens (including phenoxy) is 2. The second-order valence-corrected chi connectivity index (χ2v) is 5.59. The molecule has 2 rings (SSSR count). The minimum absolute atomic E-state index is 0.101. The number of nitrogens with zero attached hydrogens (tertiary/aromatic N) is 1. The fourth-order valence-corrected chi connectivity index (χ4v) is 2.23. The van der Waals surface area contributed by atoms with E-state index in [9.17, 15) is 14.9 Å². The number of amides is 1. The summed E-state index contributed by atoms with van der Waals surface area (Å²) in [5, 5.41) is 14.1. The average Bonchev–Trinajstić information content (AvgIpc) is 2.65. The Hall–Kier alpha value is -3.09. The predicted octanol–water partition coefficient (Wildman–Crippen LogP) is 4.42. The van der Waals surface area contributed by atoms with Gasteiger partial charge in [-0.05, 0) is 25.0 Å². The molecule has 1 amide bonds. The molecule has 0 spiro atoms. The van der Waals surface area contributed by atoms with E-state index >= 15 is 0 Å². The summed E-state index contributed by atoms with van der Waals surface area (Å²) in [5.41, 5.74) is 0.620. The number of rotatable bonds is 9. The first-order chi connectivity index (χ1) is 12.6. The molecule has 7 heteroatoms. The molecule has 0 fully saturated rings. The van der Waals surface area contributed by atoms with E-state index < -0.39 is 4.92 Å². The van der Waals surface area contributed by atoms with Crippen molar-refractivity contribution in [1.29, 1.82) is 0 Å². The lowest BCUT2D eigenvalue weighted by molar-refractivity contribution is -0.385. The van der Waals surface area contributed by atoms with Crippen molar-refractivity contribution in [3.8, 4) is 11.5 Å². The van der Waals surface area contributed by atoms with Gasteiger partial charge in [0.25, 0.3) is 5.91 Å². The molecule has 0 unspecified atom stereocenters. The van der Waals surface area contributed by atoms with Crippen molar-refractivity contribution in [1.82, 2.24) is 0 Å². The van der Waals surface area contributed by atoms with E-state index in [2.05, 4.69) is 5.32 Å². The highest BCUT2D eigenvalue weighted by Gasteiger charge is 2.22. The van der Waals surface area contributed by atoms with Crippen molar-refractivity contribution >= 4 is 17.3 Å². The Morgan fingerprint density at radius 3 is 2.23 bits per heavy atom. The van der Waals surface area contributed by atoms with E-state index in [1.54, 1.807) is 24.3 Å². The van der Waals surface area contributed by atoms with Crippen molar-refractivity contribution in [3.05, 3.63) is 58.1 Å². The predicted molar refractivity (Wildman–Crippen MR) is 99.1 cm³/mol. The van der Waals surface area contributed by atoms with E-state index in [-0.39, 0.29) is 23.1 Å². The Balaban J connectivity index is 2.39. The summed E-state index contributed by atoms with van der Waals surface area (Å²) in [6, 6.07) is 11.4. The topological polar surface area (TPSA) is 90.7 Å². The molecular weight excluding hydrogens is 336 g/mol. The molecule has 0 aromatic heterocycles. The second-order valence-electron chi connectivity index (χ2n) is 5.59. The smallest absolute Gasteiger partial charge is 0.314 e. The molecule has 0 saturated heterocycles. The summed E-state index contributed by atoms with van der Waals surface area (Å²) in [7, 11) is 0. The largest absolute Gasteiger partial charge is 0.491 e. The van der Waals surface area contributed by atoms with Crippen LogP contribution in [-0.2, 0) is 0 Å². The summed E-state index contributed by atoms with van der Waals surface area (Å²) < 4.78 is 11.1. The Kier molecular flexibility index (Phi) is 6.96. The zero-order chi connectivity index (χ0) is 18.9. The molecule has 0 saturated carbocycles. The Bertz CT molecular complexity index is 762. The summed E-state index contributed by atoms with van der Waals surface area (Å²) in [5.74, 6) is 0.0120. The van der Waals surface area contributed by atoms with Crippen LogP contribution in [0.1, 0.15) is 37.0 Å². The normalized spacial score (nSPS) is 10.2. The van der Waals surface area contributed by atoms with E-state index in [1.807, 2.05) is 19.9 Å². The summed E-state index contributed by atoms with van der Waals surface area (Å²) in [6.45, 7) is 4.54. The van der Waals surface area contributed by atoms with Crippen LogP contribution >= 0.6 is 0 Å². The third kappa shape index (κ3) is 4.95. The first-order valence-electron chi connectivity index (χ1n) is 8.51. The van der Waals surface area contributed by atoms with Gasteiger partial charge < -0.3 is 14.8 Å². The molecule has 2 aromatic rings. The lowest BCUT2D eigenvalue weighted by Crippen LogP contribution is -2.13. The van der Waals surface area contributed by atoms with Crippen molar-refractivity contribution in [2.45, 2.75) is 26.7 Å². The fourth-order valence-electron chi connectivity index (χ4n) is 2.23. The number of nitrogens with one attached hydrogen (secondary N) is 1.